The topological polar surface area (TPSA) is 32.3 Å². The van der Waals surface area contributed by atoms with Gasteiger partial charge in [0.25, 0.3) is 0 Å². The van der Waals surface area contributed by atoms with E-state index in [-0.39, 0.29) is 5.91 Å². The Morgan fingerprint density at radius 3 is 1.62 bits per heavy atom. The third-order valence-electron chi connectivity index (χ3n) is 4.61. The molecular weight excluding hydrogens is 296 g/mol. The summed E-state index contributed by atoms with van der Waals surface area (Å²) in [7, 11) is 4.13. The SMILES string of the molecule is CCCCCCCCCCCCCCCC(=O)NCCCN(C)C. The van der Waals surface area contributed by atoms with Crippen molar-refractivity contribution in [3.63, 3.8) is 0 Å². The first kappa shape index (κ1) is 23.4. The Hall–Kier alpha value is -0.570. The quantitative estimate of drug-likeness (QED) is 0.332. The van der Waals surface area contributed by atoms with E-state index in [1.165, 1.54) is 77.0 Å². The Labute approximate surface area is 152 Å². The van der Waals surface area contributed by atoms with E-state index >= 15 is 0 Å². The molecule has 0 saturated carbocycles. The summed E-state index contributed by atoms with van der Waals surface area (Å²) in [5.41, 5.74) is 0. The van der Waals surface area contributed by atoms with Gasteiger partial charge < -0.3 is 10.2 Å². The minimum absolute atomic E-state index is 0.233. The first-order valence-electron chi connectivity index (χ1n) is 10.6. The molecule has 24 heavy (non-hydrogen) atoms. The number of nitrogens with one attached hydrogen (secondary N) is 1. The maximum Gasteiger partial charge on any atom is 0.219 e. The summed E-state index contributed by atoms with van der Waals surface area (Å²) in [6.45, 7) is 4.13. The fraction of sp³-hybridized carbons (Fsp3) is 0.952. The van der Waals surface area contributed by atoms with Crippen LogP contribution in [-0.2, 0) is 4.79 Å². The highest BCUT2D eigenvalue weighted by Crippen LogP contribution is 2.12. The number of hydrogen-bond donors (Lipinski definition) is 1. The Kier molecular flexibility index (Phi) is 18.3. The number of hydrogen-bond acceptors (Lipinski definition) is 2. The van der Waals surface area contributed by atoms with Crippen LogP contribution >= 0.6 is 0 Å². The van der Waals surface area contributed by atoms with Crippen LogP contribution in [0.2, 0.25) is 0 Å². The van der Waals surface area contributed by atoms with E-state index in [2.05, 4.69) is 31.2 Å². The van der Waals surface area contributed by atoms with Gasteiger partial charge in [0.05, 0.1) is 0 Å². The Morgan fingerprint density at radius 1 is 0.708 bits per heavy atom. The van der Waals surface area contributed by atoms with E-state index in [0.29, 0.717) is 6.42 Å². The second-order valence-electron chi connectivity index (χ2n) is 7.50. The van der Waals surface area contributed by atoms with Gasteiger partial charge in [-0.1, -0.05) is 84.0 Å². The van der Waals surface area contributed by atoms with E-state index in [1.807, 2.05) is 0 Å². The number of amides is 1. The molecule has 0 heterocycles. The van der Waals surface area contributed by atoms with Crippen LogP contribution in [0.5, 0.6) is 0 Å². The molecule has 0 unspecified atom stereocenters. The van der Waals surface area contributed by atoms with Gasteiger partial charge in [-0.2, -0.15) is 0 Å². The summed E-state index contributed by atoms with van der Waals surface area (Å²) in [5.74, 6) is 0.233. The molecule has 3 nitrogen and oxygen atoms in total. The molecule has 0 aromatic carbocycles. The summed E-state index contributed by atoms with van der Waals surface area (Å²) in [5, 5.41) is 3.02. The molecule has 0 rings (SSSR count). The van der Waals surface area contributed by atoms with Gasteiger partial charge in [-0.3, -0.25) is 4.79 Å². The van der Waals surface area contributed by atoms with Crippen LogP contribution in [-0.4, -0.2) is 38.0 Å². The predicted octanol–water partition coefficient (Wildman–Crippen LogP) is 5.54. The largest absolute Gasteiger partial charge is 0.356 e. The highest BCUT2D eigenvalue weighted by Gasteiger charge is 2.00. The van der Waals surface area contributed by atoms with Gasteiger partial charge in [-0.15, -0.1) is 0 Å². The monoisotopic (exact) mass is 340 g/mol. The van der Waals surface area contributed by atoms with Crippen molar-refractivity contribution < 1.29 is 4.79 Å². The van der Waals surface area contributed by atoms with Crippen molar-refractivity contribution in [2.75, 3.05) is 27.2 Å². The summed E-state index contributed by atoms with van der Waals surface area (Å²) in [6.07, 6.45) is 19.3. The average molecular weight is 341 g/mol. The van der Waals surface area contributed by atoms with E-state index in [4.69, 9.17) is 0 Å². The van der Waals surface area contributed by atoms with Crippen LogP contribution in [0.25, 0.3) is 0 Å². The van der Waals surface area contributed by atoms with Crippen molar-refractivity contribution in [3.05, 3.63) is 0 Å². The molecule has 0 aromatic rings. The lowest BCUT2D eigenvalue weighted by Crippen LogP contribution is -2.26. The molecule has 1 N–H and O–H groups in total. The molecule has 0 bridgehead atoms. The molecule has 0 aliphatic rings. The van der Waals surface area contributed by atoms with Crippen molar-refractivity contribution >= 4 is 5.91 Å². The first-order chi connectivity index (χ1) is 11.7. The molecule has 0 saturated heterocycles. The average Bonchev–Trinajstić information content (AvgIpc) is 2.55. The van der Waals surface area contributed by atoms with Gasteiger partial charge in [0.2, 0.25) is 5.91 Å². The minimum Gasteiger partial charge on any atom is -0.356 e. The van der Waals surface area contributed by atoms with E-state index in [1.54, 1.807) is 0 Å². The van der Waals surface area contributed by atoms with E-state index < -0.39 is 0 Å². The van der Waals surface area contributed by atoms with E-state index in [0.717, 1.165) is 25.9 Å². The fourth-order valence-corrected chi connectivity index (χ4v) is 3.01. The molecule has 0 fully saturated rings. The van der Waals surface area contributed by atoms with Crippen LogP contribution in [0.3, 0.4) is 0 Å². The lowest BCUT2D eigenvalue weighted by molar-refractivity contribution is -0.121. The van der Waals surface area contributed by atoms with Gasteiger partial charge in [0.1, 0.15) is 0 Å². The lowest BCUT2D eigenvalue weighted by atomic mass is 10.0. The van der Waals surface area contributed by atoms with Crippen LogP contribution in [0, 0.1) is 0 Å². The van der Waals surface area contributed by atoms with Crippen molar-refractivity contribution in [1.82, 2.24) is 10.2 Å². The summed E-state index contributed by atoms with van der Waals surface area (Å²) < 4.78 is 0. The molecule has 0 atom stereocenters. The second kappa shape index (κ2) is 18.8. The number of unbranched alkanes of at least 4 members (excludes halogenated alkanes) is 12. The Morgan fingerprint density at radius 2 is 1.17 bits per heavy atom. The van der Waals surface area contributed by atoms with Gasteiger partial charge in [-0.05, 0) is 33.5 Å². The van der Waals surface area contributed by atoms with Crippen LogP contribution in [0.15, 0.2) is 0 Å². The fourth-order valence-electron chi connectivity index (χ4n) is 3.01. The zero-order chi connectivity index (χ0) is 17.9. The predicted molar refractivity (Wildman–Crippen MR) is 106 cm³/mol. The van der Waals surface area contributed by atoms with E-state index in [9.17, 15) is 4.79 Å². The van der Waals surface area contributed by atoms with Crippen molar-refractivity contribution in [2.24, 2.45) is 0 Å². The molecule has 0 aromatic heterocycles. The summed E-state index contributed by atoms with van der Waals surface area (Å²) in [6, 6.07) is 0. The number of carbonyl (C=O) groups excluding carboxylic acids is 1. The molecule has 1 amide bonds. The van der Waals surface area contributed by atoms with Crippen LogP contribution in [0.4, 0.5) is 0 Å². The normalized spacial score (nSPS) is 11.2. The van der Waals surface area contributed by atoms with Crippen molar-refractivity contribution in [2.45, 2.75) is 103 Å². The van der Waals surface area contributed by atoms with Crippen molar-refractivity contribution in [3.8, 4) is 0 Å². The van der Waals surface area contributed by atoms with Gasteiger partial charge in [0.15, 0.2) is 0 Å². The standard InChI is InChI=1S/C21H44N2O/c1-4-5-6-7-8-9-10-11-12-13-14-15-16-18-21(24)22-19-17-20-23(2)3/h4-20H2,1-3H3,(H,22,24). The molecule has 144 valence electrons. The first-order valence-corrected chi connectivity index (χ1v) is 10.6. The Balaban J connectivity index is 3.12. The molecule has 0 radical (unpaired) electrons. The van der Waals surface area contributed by atoms with Gasteiger partial charge in [0, 0.05) is 13.0 Å². The zero-order valence-electron chi connectivity index (χ0n) is 16.9. The zero-order valence-corrected chi connectivity index (χ0v) is 16.9. The molecule has 0 aliphatic heterocycles. The number of carbonyl (C=O) groups is 1. The molecular formula is C21H44N2O. The number of nitrogens with zero attached hydrogens (tertiary/aromatic N) is 1. The minimum atomic E-state index is 0.233. The smallest absolute Gasteiger partial charge is 0.219 e. The molecule has 3 heteroatoms. The third-order valence-corrected chi connectivity index (χ3v) is 4.61. The lowest BCUT2D eigenvalue weighted by Gasteiger charge is -2.09. The van der Waals surface area contributed by atoms with Crippen LogP contribution < -0.4 is 5.32 Å². The van der Waals surface area contributed by atoms with Crippen molar-refractivity contribution in [1.29, 1.82) is 0 Å². The Bertz CT molecular complexity index is 267. The third kappa shape index (κ3) is 19.5. The van der Waals surface area contributed by atoms with Crippen LogP contribution in [0.1, 0.15) is 103 Å². The van der Waals surface area contributed by atoms with Gasteiger partial charge in [-0.25, -0.2) is 0 Å². The molecule has 0 aliphatic carbocycles. The highest BCUT2D eigenvalue weighted by atomic mass is 16.1. The summed E-state index contributed by atoms with van der Waals surface area (Å²) in [4.78, 5) is 13.8. The second-order valence-corrected chi connectivity index (χ2v) is 7.50. The maximum atomic E-state index is 11.7. The highest BCUT2D eigenvalue weighted by molar-refractivity contribution is 5.75. The van der Waals surface area contributed by atoms with Gasteiger partial charge >= 0.3 is 0 Å². The summed E-state index contributed by atoms with van der Waals surface area (Å²) >= 11 is 0. The maximum absolute atomic E-state index is 11.7. The molecule has 0 spiro atoms. The number of rotatable bonds is 18.